The Kier molecular flexibility index (Phi) is 8.54. The number of nitrogens with zero attached hydrogens (tertiary/aromatic N) is 1. The Morgan fingerprint density at radius 1 is 0.970 bits per heavy atom. The standard InChI is InChI=1S/C23H18Cl3N3O4/c1-32-18-4-2-3-17(11-18)28-22(30)23(31)29-27-12-15-10-16(24)6-8-21(15)33-13-14-5-7-19(25)20(26)9-14/h2-12H,13H2,1H3,(H,28,30)(H,29,31)/b27-12-. The summed E-state index contributed by atoms with van der Waals surface area (Å²) in [6.45, 7) is 0.217. The molecule has 33 heavy (non-hydrogen) atoms. The molecule has 3 aromatic carbocycles. The topological polar surface area (TPSA) is 89.0 Å². The van der Waals surface area contributed by atoms with Crippen LogP contribution in [0.4, 0.5) is 5.69 Å². The molecule has 0 heterocycles. The van der Waals surface area contributed by atoms with Gasteiger partial charge in [0.1, 0.15) is 18.1 Å². The third kappa shape index (κ3) is 7.12. The van der Waals surface area contributed by atoms with Gasteiger partial charge in [0, 0.05) is 22.3 Å². The van der Waals surface area contributed by atoms with Crippen LogP contribution in [0, 0.1) is 0 Å². The number of anilines is 1. The monoisotopic (exact) mass is 505 g/mol. The molecule has 0 aliphatic carbocycles. The van der Waals surface area contributed by atoms with Crippen molar-refractivity contribution in [1.29, 1.82) is 0 Å². The summed E-state index contributed by atoms with van der Waals surface area (Å²) in [6.07, 6.45) is 1.33. The first kappa shape index (κ1) is 24.4. The summed E-state index contributed by atoms with van der Waals surface area (Å²) in [4.78, 5) is 24.1. The van der Waals surface area contributed by atoms with Crippen LogP contribution < -0.4 is 20.2 Å². The molecule has 3 aromatic rings. The summed E-state index contributed by atoms with van der Waals surface area (Å²) in [6, 6.07) is 16.7. The molecule has 0 aliphatic rings. The highest BCUT2D eigenvalue weighted by Crippen LogP contribution is 2.25. The summed E-state index contributed by atoms with van der Waals surface area (Å²) in [5, 5.41) is 7.61. The lowest BCUT2D eigenvalue weighted by Crippen LogP contribution is -2.32. The zero-order chi connectivity index (χ0) is 23.8. The third-order valence-corrected chi connectivity index (χ3v) is 5.23. The maximum atomic E-state index is 12.1. The Morgan fingerprint density at radius 3 is 2.55 bits per heavy atom. The van der Waals surface area contributed by atoms with E-state index in [1.54, 1.807) is 60.7 Å². The number of hydrazone groups is 1. The molecule has 0 fully saturated rings. The molecule has 3 rings (SSSR count). The van der Waals surface area contributed by atoms with E-state index in [0.717, 1.165) is 5.56 Å². The Morgan fingerprint density at radius 2 is 1.79 bits per heavy atom. The lowest BCUT2D eigenvalue weighted by Gasteiger charge is -2.10. The van der Waals surface area contributed by atoms with E-state index in [0.29, 0.717) is 37.8 Å². The summed E-state index contributed by atoms with van der Waals surface area (Å²) >= 11 is 18.0. The second-order valence-corrected chi connectivity index (χ2v) is 7.86. The van der Waals surface area contributed by atoms with E-state index < -0.39 is 11.8 Å². The van der Waals surface area contributed by atoms with Crippen molar-refractivity contribution in [3.63, 3.8) is 0 Å². The van der Waals surface area contributed by atoms with Crippen molar-refractivity contribution in [3.8, 4) is 11.5 Å². The zero-order valence-electron chi connectivity index (χ0n) is 17.3. The van der Waals surface area contributed by atoms with E-state index in [2.05, 4.69) is 15.8 Å². The molecule has 0 aliphatic heterocycles. The molecule has 7 nitrogen and oxygen atoms in total. The van der Waals surface area contributed by atoms with Crippen molar-refractivity contribution >= 4 is 58.5 Å². The molecular weight excluding hydrogens is 489 g/mol. The molecule has 0 bridgehead atoms. The van der Waals surface area contributed by atoms with Crippen LogP contribution in [-0.4, -0.2) is 25.1 Å². The fourth-order valence-corrected chi connectivity index (χ4v) is 3.14. The number of methoxy groups -OCH3 is 1. The first-order valence-corrected chi connectivity index (χ1v) is 10.6. The van der Waals surface area contributed by atoms with Crippen LogP contribution >= 0.6 is 34.8 Å². The van der Waals surface area contributed by atoms with E-state index in [-0.39, 0.29) is 6.61 Å². The van der Waals surface area contributed by atoms with Gasteiger partial charge in [0.25, 0.3) is 0 Å². The molecule has 0 saturated heterocycles. The number of rotatable bonds is 7. The van der Waals surface area contributed by atoms with Crippen LogP contribution in [0.3, 0.4) is 0 Å². The normalized spacial score (nSPS) is 10.7. The lowest BCUT2D eigenvalue weighted by atomic mass is 10.2. The largest absolute Gasteiger partial charge is 0.497 e. The van der Waals surface area contributed by atoms with E-state index >= 15 is 0 Å². The maximum Gasteiger partial charge on any atom is 0.329 e. The number of nitrogens with one attached hydrogen (secondary N) is 2. The van der Waals surface area contributed by atoms with E-state index in [1.165, 1.54) is 13.3 Å². The number of hydrogen-bond acceptors (Lipinski definition) is 5. The first-order chi connectivity index (χ1) is 15.9. The van der Waals surface area contributed by atoms with Crippen LogP contribution in [0.2, 0.25) is 15.1 Å². The van der Waals surface area contributed by atoms with Crippen LogP contribution in [0.5, 0.6) is 11.5 Å². The molecule has 0 aromatic heterocycles. The first-order valence-electron chi connectivity index (χ1n) is 9.50. The van der Waals surface area contributed by atoms with Gasteiger partial charge in [-0.2, -0.15) is 5.10 Å². The van der Waals surface area contributed by atoms with E-state index in [9.17, 15) is 9.59 Å². The predicted octanol–water partition coefficient (Wildman–Crippen LogP) is 5.32. The van der Waals surface area contributed by atoms with Crippen molar-refractivity contribution in [1.82, 2.24) is 5.43 Å². The number of carbonyl (C=O) groups is 2. The molecule has 0 radical (unpaired) electrons. The fraction of sp³-hybridized carbons (Fsp3) is 0.0870. The molecule has 0 spiro atoms. The average molecular weight is 507 g/mol. The molecule has 2 N–H and O–H groups in total. The molecule has 0 unspecified atom stereocenters. The highest BCUT2D eigenvalue weighted by atomic mass is 35.5. The van der Waals surface area contributed by atoms with Crippen molar-refractivity contribution < 1.29 is 19.1 Å². The molecule has 10 heteroatoms. The molecule has 170 valence electrons. The fourth-order valence-electron chi connectivity index (χ4n) is 2.64. The minimum absolute atomic E-state index is 0.217. The number of halogens is 3. The van der Waals surface area contributed by atoms with Gasteiger partial charge in [-0.25, -0.2) is 5.43 Å². The van der Waals surface area contributed by atoms with Crippen molar-refractivity contribution in [2.75, 3.05) is 12.4 Å². The van der Waals surface area contributed by atoms with Gasteiger partial charge in [-0.3, -0.25) is 9.59 Å². The van der Waals surface area contributed by atoms with Gasteiger partial charge in [-0.05, 0) is 48.0 Å². The smallest absolute Gasteiger partial charge is 0.329 e. The average Bonchev–Trinajstić information content (AvgIpc) is 2.80. The van der Waals surface area contributed by atoms with Gasteiger partial charge in [-0.15, -0.1) is 0 Å². The van der Waals surface area contributed by atoms with Crippen LogP contribution in [0.15, 0.2) is 65.8 Å². The van der Waals surface area contributed by atoms with Gasteiger partial charge >= 0.3 is 11.8 Å². The van der Waals surface area contributed by atoms with E-state index in [1.807, 2.05) is 0 Å². The Labute approximate surface area is 205 Å². The van der Waals surface area contributed by atoms with Gasteiger partial charge in [0.15, 0.2) is 0 Å². The maximum absolute atomic E-state index is 12.1. The third-order valence-electron chi connectivity index (χ3n) is 4.25. The lowest BCUT2D eigenvalue weighted by molar-refractivity contribution is -0.136. The highest BCUT2D eigenvalue weighted by Gasteiger charge is 2.13. The van der Waals surface area contributed by atoms with Gasteiger partial charge in [0.2, 0.25) is 0 Å². The minimum atomic E-state index is -0.950. The Bertz CT molecular complexity index is 1200. The van der Waals surface area contributed by atoms with Gasteiger partial charge in [-0.1, -0.05) is 46.9 Å². The Hall–Kier alpha value is -3.26. The van der Waals surface area contributed by atoms with Crippen LogP contribution in [-0.2, 0) is 16.2 Å². The molecule has 0 atom stereocenters. The quantitative estimate of drug-likeness (QED) is 0.258. The SMILES string of the molecule is COc1cccc(NC(=O)C(=O)N/N=C\c2cc(Cl)ccc2OCc2ccc(Cl)c(Cl)c2)c1. The highest BCUT2D eigenvalue weighted by molar-refractivity contribution is 6.42. The van der Waals surface area contributed by atoms with Gasteiger partial charge in [0.05, 0.1) is 23.4 Å². The second-order valence-electron chi connectivity index (χ2n) is 6.60. The number of carbonyl (C=O) groups excluding carboxylic acids is 2. The number of benzene rings is 3. The summed E-state index contributed by atoms with van der Waals surface area (Å²) in [5.74, 6) is -0.832. The molecule has 2 amide bonds. The number of ether oxygens (including phenoxy) is 2. The second kappa shape index (κ2) is 11.6. The van der Waals surface area contributed by atoms with E-state index in [4.69, 9.17) is 44.3 Å². The molecular formula is C23H18Cl3N3O4. The summed E-state index contributed by atoms with van der Waals surface area (Å²) in [5.41, 5.74) is 3.89. The minimum Gasteiger partial charge on any atom is -0.497 e. The summed E-state index contributed by atoms with van der Waals surface area (Å²) < 4.78 is 10.9. The Balaban J connectivity index is 1.62. The van der Waals surface area contributed by atoms with Gasteiger partial charge < -0.3 is 14.8 Å². The zero-order valence-corrected chi connectivity index (χ0v) is 19.5. The van der Waals surface area contributed by atoms with Crippen LogP contribution in [0.25, 0.3) is 0 Å². The van der Waals surface area contributed by atoms with Crippen molar-refractivity contribution in [2.45, 2.75) is 6.61 Å². The predicted molar refractivity (Wildman–Crippen MR) is 130 cm³/mol. The van der Waals surface area contributed by atoms with Crippen molar-refractivity contribution in [3.05, 3.63) is 86.9 Å². The van der Waals surface area contributed by atoms with Crippen LogP contribution in [0.1, 0.15) is 11.1 Å². The number of hydrogen-bond donors (Lipinski definition) is 2. The van der Waals surface area contributed by atoms with Crippen molar-refractivity contribution in [2.24, 2.45) is 5.10 Å². The number of amides is 2. The summed E-state index contributed by atoms with van der Waals surface area (Å²) in [7, 11) is 1.50. The molecule has 0 saturated carbocycles.